The first-order valence-corrected chi connectivity index (χ1v) is 14.7. The molecular weight excluding hydrogens is 522 g/mol. The number of hydrogen-bond acceptors (Lipinski definition) is 2. The average Bonchev–Trinajstić information content (AvgIpc) is 3.60. The smallest absolute Gasteiger partial charge is 0.0979 e. The van der Waals surface area contributed by atoms with Crippen molar-refractivity contribution in [1.82, 2.24) is 14.4 Å². The fraction of sp³-hybridized carbons (Fsp3) is 0. The second kappa shape index (κ2) is 8.37. The number of aromatic nitrogens is 3. The zero-order chi connectivity index (χ0) is 28.1. The van der Waals surface area contributed by atoms with Crippen molar-refractivity contribution in [3.8, 4) is 22.4 Å². The summed E-state index contributed by atoms with van der Waals surface area (Å²) in [6, 6.07) is 47.9. The van der Waals surface area contributed by atoms with Gasteiger partial charge < -0.3 is 4.40 Å². The summed E-state index contributed by atoms with van der Waals surface area (Å²) < 4.78 is 2.42. The lowest BCUT2D eigenvalue weighted by Crippen LogP contribution is -1.92. The predicted octanol–water partition coefficient (Wildman–Crippen LogP) is 10.4. The Morgan fingerprint density at radius 1 is 0.395 bits per heavy atom. The van der Waals surface area contributed by atoms with Crippen molar-refractivity contribution in [1.29, 1.82) is 0 Å². The quantitative estimate of drug-likeness (QED) is 0.202. The van der Waals surface area contributed by atoms with Gasteiger partial charge in [-0.05, 0) is 46.2 Å². The molecule has 0 saturated heterocycles. The monoisotopic (exact) mass is 545 g/mol. The molecule has 3 heterocycles. The van der Waals surface area contributed by atoms with Crippen molar-refractivity contribution >= 4 is 70.7 Å². The summed E-state index contributed by atoms with van der Waals surface area (Å²) >= 11 is 0. The number of rotatable bonds is 2. The first kappa shape index (κ1) is 22.8. The van der Waals surface area contributed by atoms with Crippen LogP contribution in [-0.2, 0) is 0 Å². The maximum absolute atomic E-state index is 5.19. The molecule has 7 aromatic carbocycles. The number of nitrogens with zero attached hydrogens (tertiary/aromatic N) is 3. The van der Waals surface area contributed by atoms with Gasteiger partial charge in [0.2, 0.25) is 0 Å². The van der Waals surface area contributed by atoms with Gasteiger partial charge >= 0.3 is 0 Å². The second-order valence-electron chi connectivity index (χ2n) is 11.4. The Kier molecular flexibility index (Phi) is 4.45. The molecule has 3 aromatic heterocycles. The highest BCUT2D eigenvalue weighted by atomic mass is 14.9. The van der Waals surface area contributed by atoms with E-state index < -0.39 is 0 Å². The summed E-state index contributed by atoms with van der Waals surface area (Å²) in [6.07, 6.45) is 1.91. The molecule has 10 rings (SSSR count). The van der Waals surface area contributed by atoms with E-state index in [-0.39, 0.29) is 0 Å². The minimum Gasteiger partial charge on any atom is -0.308 e. The number of benzene rings is 7. The largest absolute Gasteiger partial charge is 0.308 e. The van der Waals surface area contributed by atoms with Gasteiger partial charge in [-0.1, -0.05) is 109 Å². The predicted molar refractivity (Wildman–Crippen MR) is 180 cm³/mol. The molecule has 0 aliphatic heterocycles. The first-order valence-electron chi connectivity index (χ1n) is 14.7. The average molecular weight is 546 g/mol. The lowest BCUT2D eigenvalue weighted by Gasteiger charge is -2.11. The molecule has 0 saturated carbocycles. The summed E-state index contributed by atoms with van der Waals surface area (Å²) in [7, 11) is 0. The van der Waals surface area contributed by atoms with Gasteiger partial charge in [0.1, 0.15) is 0 Å². The molecule has 10 aromatic rings. The number of para-hydroxylation sites is 2. The van der Waals surface area contributed by atoms with Crippen LogP contribution in [0.1, 0.15) is 0 Å². The lowest BCUT2D eigenvalue weighted by molar-refractivity contribution is 1.31. The summed E-state index contributed by atoms with van der Waals surface area (Å²) in [6.45, 7) is 0. The van der Waals surface area contributed by atoms with Crippen LogP contribution in [0.5, 0.6) is 0 Å². The Bertz CT molecular complexity index is 2600. The van der Waals surface area contributed by atoms with Crippen LogP contribution in [0, 0.1) is 0 Å². The Morgan fingerprint density at radius 3 is 1.49 bits per heavy atom. The van der Waals surface area contributed by atoms with Gasteiger partial charge in [0, 0.05) is 37.9 Å². The molecule has 0 bridgehead atoms. The zero-order valence-electron chi connectivity index (χ0n) is 23.1. The van der Waals surface area contributed by atoms with E-state index in [9.17, 15) is 0 Å². The van der Waals surface area contributed by atoms with E-state index in [1.807, 2.05) is 6.20 Å². The summed E-state index contributed by atoms with van der Waals surface area (Å²) in [5, 5.41) is 9.86. The van der Waals surface area contributed by atoms with Gasteiger partial charge in [-0.25, -0.2) is 4.98 Å². The van der Waals surface area contributed by atoms with Gasteiger partial charge in [0.25, 0.3) is 0 Å². The molecular formula is C40H23N3. The Labute approximate surface area is 246 Å². The van der Waals surface area contributed by atoms with Crippen molar-refractivity contribution in [2.75, 3.05) is 0 Å². The second-order valence-corrected chi connectivity index (χ2v) is 11.4. The normalized spacial score (nSPS) is 12.2. The van der Waals surface area contributed by atoms with E-state index in [0.29, 0.717) is 0 Å². The molecule has 0 radical (unpaired) electrons. The van der Waals surface area contributed by atoms with Crippen LogP contribution < -0.4 is 0 Å². The molecule has 3 nitrogen and oxygen atoms in total. The van der Waals surface area contributed by atoms with Crippen molar-refractivity contribution < 1.29 is 0 Å². The van der Waals surface area contributed by atoms with Gasteiger partial charge in [-0.3, -0.25) is 4.98 Å². The molecule has 0 aliphatic carbocycles. The van der Waals surface area contributed by atoms with E-state index in [1.165, 1.54) is 60.0 Å². The molecule has 0 spiro atoms. The molecule has 0 amide bonds. The number of fused-ring (bicyclic) bond motifs is 12. The summed E-state index contributed by atoms with van der Waals surface area (Å²) in [5.41, 5.74) is 10.0. The third-order valence-electron chi connectivity index (χ3n) is 9.14. The minimum atomic E-state index is 0.880. The molecule has 0 unspecified atom stereocenters. The van der Waals surface area contributed by atoms with Crippen LogP contribution in [0.15, 0.2) is 140 Å². The molecule has 0 aliphatic rings. The topological polar surface area (TPSA) is 30.2 Å². The fourth-order valence-electron chi connectivity index (χ4n) is 7.21. The Balaban J connectivity index is 1.15. The van der Waals surface area contributed by atoms with Crippen molar-refractivity contribution in [2.24, 2.45) is 0 Å². The highest BCUT2D eigenvalue weighted by Crippen LogP contribution is 2.42. The fourth-order valence-corrected chi connectivity index (χ4v) is 7.21. The Morgan fingerprint density at radius 2 is 0.884 bits per heavy atom. The molecule has 0 atom stereocenters. The molecule has 0 N–H and O–H groups in total. The van der Waals surface area contributed by atoms with Gasteiger partial charge in [0.15, 0.2) is 0 Å². The molecule has 0 fully saturated rings. The summed E-state index contributed by atoms with van der Waals surface area (Å²) in [4.78, 5) is 10.1. The zero-order valence-corrected chi connectivity index (χ0v) is 23.1. The molecule has 43 heavy (non-hydrogen) atoms. The maximum Gasteiger partial charge on any atom is 0.0979 e. The van der Waals surface area contributed by atoms with E-state index in [4.69, 9.17) is 9.97 Å². The first-order chi connectivity index (χ1) is 21.3. The van der Waals surface area contributed by atoms with Crippen molar-refractivity contribution in [2.45, 2.75) is 0 Å². The molecule has 3 heteroatoms. The Hall–Kier alpha value is -5.80. The SMILES string of the molecule is c1ccc2c(c1)c1ccccc1c1nc(-c3ccc(-c4cc5c6ccccc6n6c7ccccc7c(c4)c56)cc3)cnc21. The van der Waals surface area contributed by atoms with Crippen LogP contribution in [-0.4, -0.2) is 14.4 Å². The highest BCUT2D eigenvalue weighted by molar-refractivity contribution is 6.25. The van der Waals surface area contributed by atoms with Gasteiger partial charge in [0.05, 0.1) is 39.5 Å². The number of hydrogen-bond donors (Lipinski definition) is 0. The van der Waals surface area contributed by atoms with Crippen LogP contribution in [0.25, 0.3) is 93.1 Å². The third kappa shape index (κ3) is 3.08. The van der Waals surface area contributed by atoms with Gasteiger partial charge in [-0.2, -0.15) is 0 Å². The van der Waals surface area contributed by atoms with E-state index >= 15 is 0 Å². The van der Waals surface area contributed by atoms with Crippen LogP contribution in [0.2, 0.25) is 0 Å². The minimum absolute atomic E-state index is 0.880. The van der Waals surface area contributed by atoms with E-state index in [0.717, 1.165) is 33.1 Å². The standard InChI is InChI=1S/C40H23N3/c1-3-13-31-27(9-1)28-10-2-4-14-32(28)39-38(31)41-23-35(42-39)25-19-17-24(18-20-25)26-21-33-29-11-5-7-15-36(29)43-37-16-8-6-12-30(37)34(22-26)40(33)43/h1-23H. The van der Waals surface area contributed by atoms with Crippen LogP contribution in [0.3, 0.4) is 0 Å². The highest BCUT2D eigenvalue weighted by Gasteiger charge is 2.18. The van der Waals surface area contributed by atoms with Crippen LogP contribution in [0.4, 0.5) is 0 Å². The maximum atomic E-state index is 5.19. The third-order valence-corrected chi connectivity index (χ3v) is 9.14. The van der Waals surface area contributed by atoms with E-state index in [1.54, 1.807) is 0 Å². The van der Waals surface area contributed by atoms with Gasteiger partial charge in [-0.15, -0.1) is 0 Å². The van der Waals surface area contributed by atoms with Crippen molar-refractivity contribution in [3.63, 3.8) is 0 Å². The lowest BCUT2D eigenvalue weighted by atomic mass is 9.98. The van der Waals surface area contributed by atoms with Crippen LogP contribution >= 0.6 is 0 Å². The summed E-state index contributed by atoms with van der Waals surface area (Å²) in [5.74, 6) is 0. The van der Waals surface area contributed by atoms with E-state index in [2.05, 4.69) is 138 Å². The molecule has 198 valence electrons. The van der Waals surface area contributed by atoms with Crippen molar-refractivity contribution in [3.05, 3.63) is 140 Å².